The van der Waals surface area contributed by atoms with Crippen LogP contribution in [0, 0.1) is 0 Å². The Balaban J connectivity index is 2.67. The number of carbonyl (C=O) groups excluding carboxylic acids is 1. The summed E-state index contributed by atoms with van der Waals surface area (Å²) in [5, 5.41) is 3.02. The highest BCUT2D eigenvalue weighted by molar-refractivity contribution is 5.80. The second-order valence-corrected chi connectivity index (χ2v) is 4.16. The number of hydrogen-bond donors (Lipinski definition) is 1. The van der Waals surface area contributed by atoms with E-state index >= 15 is 0 Å². The molecule has 0 aromatic carbocycles. The number of amides is 1. The molecule has 0 radical (unpaired) electrons. The number of anilines is 1. The van der Waals surface area contributed by atoms with Gasteiger partial charge in [-0.05, 0) is 26.0 Å². The van der Waals surface area contributed by atoms with Gasteiger partial charge in [-0.3, -0.25) is 4.79 Å². The summed E-state index contributed by atoms with van der Waals surface area (Å²) in [5.74, 6) is 0.526. The van der Waals surface area contributed by atoms with Crippen LogP contribution in [0.3, 0.4) is 0 Å². The maximum Gasteiger partial charge on any atom is 0.241 e. The number of rotatable bonds is 5. The molecule has 5 heteroatoms. The number of nitrogens with zero attached hydrogens (tertiary/aromatic N) is 2. The zero-order chi connectivity index (χ0) is 12.8. The topological polar surface area (TPSA) is 54.5 Å². The van der Waals surface area contributed by atoms with E-state index in [9.17, 15) is 4.79 Å². The molecular formula is C12H19N3O2. The Morgan fingerprint density at radius 2 is 2.24 bits per heavy atom. The number of pyridine rings is 1. The van der Waals surface area contributed by atoms with Crippen LogP contribution < -0.4 is 10.1 Å². The Bertz CT molecular complexity index is 378. The quantitative estimate of drug-likeness (QED) is 0.840. The van der Waals surface area contributed by atoms with E-state index in [1.54, 1.807) is 26.4 Å². The summed E-state index contributed by atoms with van der Waals surface area (Å²) in [6, 6.07) is 3.64. The van der Waals surface area contributed by atoms with Gasteiger partial charge in [0.15, 0.2) is 0 Å². The van der Waals surface area contributed by atoms with E-state index in [-0.39, 0.29) is 18.6 Å². The predicted molar refractivity (Wildman–Crippen MR) is 67.2 cm³/mol. The minimum Gasteiger partial charge on any atom is -0.473 e. The number of carbonyl (C=O) groups is 1. The summed E-state index contributed by atoms with van der Waals surface area (Å²) in [4.78, 5) is 17.1. The maximum atomic E-state index is 11.5. The van der Waals surface area contributed by atoms with Gasteiger partial charge in [0.1, 0.15) is 0 Å². The zero-order valence-electron chi connectivity index (χ0n) is 10.7. The Morgan fingerprint density at radius 1 is 1.53 bits per heavy atom. The first-order valence-corrected chi connectivity index (χ1v) is 5.56. The van der Waals surface area contributed by atoms with Gasteiger partial charge in [-0.15, -0.1) is 0 Å². The molecule has 0 saturated carbocycles. The summed E-state index contributed by atoms with van der Waals surface area (Å²) in [6.45, 7) is 4.10. The van der Waals surface area contributed by atoms with Gasteiger partial charge in [-0.2, -0.15) is 0 Å². The molecule has 1 rings (SSSR count). The lowest BCUT2D eigenvalue weighted by molar-refractivity contribution is -0.126. The molecule has 17 heavy (non-hydrogen) atoms. The van der Waals surface area contributed by atoms with Crippen molar-refractivity contribution in [1.29, 1.82) is 0 Å². The number of hydrogen-bond acceptors (Lipinski definition) is 4. The third-order valence-corrected chi connectivity index (χ3v) is 2.05. The average Bonchev–Trinajstić information content (AvgIpc) is 2.26. The summed E-state index contributed by atoms with van der Waals surface area (Å²) in [5.41, 5.74) is 0.733. The summed E-state index contributed by atoms with van der Waals surface area (Å²) in [7, 11) is 3.44. The van der Waals surface area contributed by atoms with E-state index < -0.39 is 0 Å². The molecule has 1 N–H and O–H groups in total. The average molecular weight is 237 g/mol. The first-order valence-electron chi connectivity index (χ1n) is 5.56. The largest absolute Gasteiger partial charge is 0.473 e. The second-order valence-electron chi connectivity index (χ2n) is 4.16. The van der Waals surface area contributed by atoms with Crippen molar-refractivity contribution in [2.24, 2.45) is 0 Å². The Labute approximate surface area is 102 Å². The van der Waals surface area contributed by atoms with Gasteiger partial charge < -0.3 is 15.0 Å². The minimum absolute atomic E-state index is 0.00403. The molecule has 94 valence electrons. The normalized spacial score (nSPS) is 10.2. The van der Waals surface area contributed by atoms with Gasteiger partial charge >= 0.3 is 0 Å². The maximum absolute atomic E-state index is 11.5. The van der Waals surface area contributed by atoms with Crippen LogP contribution in [0.1, 0.15) is 13.8 Å². The van der Waals surface area contributed by atoms with Crippen LogP contribution in [0.5, 0.6) is 5.88 Å². The molecule has 0 aliphatic heterocycles. The molecule has 0 aliphatic carbocycles. The monoisotopic (exact) mass is 237 g/mol. The number of nitrogens with one attached hydrogen (secondary N) is 1. The van der Waals surface area contributed by atoms with Crippen LogP contribution in [0.4, 0.5) is 5.69 Å². The molecule has 0 fully saturated rings. The van der Waals surface area contributed by atoms with Crippen molar-refractivity contribution in [1.82, 2.24) is 9.88 Å². The van der Waals surface area contributed by atoms with Crippen LogP contribution in [0.15, 0.2) is 18.3 Å². The van der Waals surface area contributed by atoms with Crippen LogP contribution >= 0.6 is 0 Å². The van der Waals surface area contributed by atoms with E-state index in [0.717, 1.165) is 5.69 Å². The zero-order valence-corrected chi connectivity index (χ0v) is 10.7. The van der Waals surface area contributed by atoms with E-state index in [2.05, 4.69) is 10.3 Å². The van der Waals surface area contributed by atoms with Crippen LogP contribution in [0.25, 0.3) is 0 Å². The van der Waals surface area contributed by atoms with Crippen LogP contribution in [-0.2, 0) is 4.79 Å². The molecule has 0 unspecified atom stereocenters. The first kappa shape index (κ1) is 13.3. The van der Waals surface area contributed by atoms with E-state index in [4.69, 9.17) is 4.74 Å². The summed E-state index contributed by atoms with van der Waals surface area (Å²) >= 11 is 0. The lowest BCUT2D eigenvalue weighted by Crippen LogP contribution is -2.28. The summed E-state index contributed by atoms with van der Waals surface area (Å²) in [6.07, 6.45) is 1.71. The highest BCUT2D eigenvalue weighted by Crippen LogP contribution is 2.21. The third-order valence-electron chi connectivity index (χ3n) is 2.05. The van der Waals surface area contributed by atoms with Gasteiger partial charge in [-0.25, -0.2) is 4.98 Å². The highest BCUT2D eigenvalue weighted by atomic mass is 16.5. The van der Waals surface area contributed by atoms with E-state index in [1.165, 1.54) is 4.90 Å². The molecule has 0 aliphatic rings. The second kappa shape index (κ2) is 6.08. The van der Waals surface area contributed by atoms with Gasteiger partial charge in [-0.1, -0.05) is 0 Å². The molecule has 0 atom stereocenters. The van der Waals surface area contributed by atoms with Crippen molar-refractivity contribution >= 4 is 11.6 Å². The Hall–Kier alpha value is -1.78. The summed E-state index contributed by atoms with van der Waals surface area (Å²) < 4.78 is 5.54. The lowest BCUT2D eigenvalue weighted by Gasteiger charge is -2.15. The number of ether oxygens (including phenoxy) is 1. The van der Waals surface area contributed by atoms with Gasteiger partial charge in [0.2, 0.25) is 11.8 Å². The first-order chi connectivity index (χ1) is 8.00. The SMILES string of the molecule is CC(C)Oc1ncccc1NCC(=O)N(C)C. The molecule has 1 aromatic rings. The molecule has 1 aromatic heterocycles. The molecule has 0 saturated heterocycles. The van der Waals surface area contributed by atoms with Crippen molar-refractivity contribution in [3.8, 4) is 5.88 Å². The van der Waals surface area contributed by atoms with Crippen molar-refractivity contribution in [3.63, 3.8) is 0 Å². The molecule has 5 nitrogen and oxygen atoms in total. The molecule has 1 heterocycles. The van der Waals surface area contributed by atoms with Crippen molar-refractivity contribution in [3.05, 3.63) is 18.3 Å². The minimum atomic E-state index is 0.00403. The smallest absolute Gasteiger partial charge is 0.241 e. The predicted octanol–water partition coefficient (Wildman–Crippen LogP) is 1.37. The van der Waals surface area contributed by atoms with Crippen molar-refractivity contribution < 1.29 is 9.53 Å². The van der Waals surface area contributed by atoms with E-state index in [1.807, 2.05) is 19.9 Å². The molecule has 0 bridgehead atoms. The van der Waals surface area contributed by atoms with Gasteiger partial charge in [0, 0.05) is 20.3 Å². The fourth-order valence-electron chi connectivity index (χ4n) is 1.17. The highest BCUT2D eigenvalue weighted by Gasteiger charge is 2.08. The van der Waals surface area contributed by atoms with Crippen molar-refractivity contribution in [2.45, 2.75) is 20.0 Å². The standard InChI is InChI=1S/C12H19N3O2/c1-9(2)17-12-10(6-5-7-13-12)14-8-11(16)15(3)4/h5-7,9,14H,8H2,1-4H3. The third kappa shape index (κ3) is 4.30. The molecular weight excluding hydrogens is 218 g/mol. The van der Waals surface area contributed by atoms with Crippen molar-refractivity contribution in [2.75, 3.05) is 26.0 Å². The van der Waals surface area contributed by atoms with Crippen LogP contribution in [-0.4, -0.2) is 42.5 Å². The van der Waals surface area contributed by atoms with Crippen LogP contribution in [0.2, 0.25) is 0 Å². The fourth-order valence-corrected chi connectivity index (χ4v) is 1.17. The van der Waals surface area contributed by atoms with Gasteiger partial charge in [0.25, 0.3) is 0 Å². The Kier molecular flexibility index (Phi) is 4.75. The van der Waals surface area contributed by atoms with Gasteiger partial charge in [0.05, 0.1) is 18.3 Å². The Morgan fingerprint density at radius 3 is 2.82 bits per heavy atom. The molecule has 0 spiro atoms. The number of likely N-dealkylation sites (N-methyl/N-ethyl adjacent to an activating group) is 1. The number of aromatic nitrogens is 1. The van der Waals surface area contributed by atoms with E-state index in [0.29, 0.717) is 5.88 Å². The molecule has 1 amide bonds. The fraction of sp³-hybridized carbons (Fsp3) is 0.500. The lowest BCUT2D eigenvalue weighted by atomic mass is 10.3.